The van der Waals surface area contributed by atoms with Crippen LogP contribution in [-0.4, -0.2) is 15.8 Å². The van der Waals surface area contributed by atoms with E-state index in [2.05, 4.69) is 30.6 Å². The fourth-order valence-corrected chi connectivity index (χ4v) is 3.59. The molecule has 1 saturated carbocycles. The van der Waals surface area contributed by atoms with Gasteiger partial charge in [0, 0.05) is 19.3 Å². The van der Waals surface area contributed by atoms with Gasteiger partial charge >= 0.3 is 0 Å². The molecule has 1 aromatic heterocycles. The summed E-state index contributed by atoms with van der Waals surface area (Å²) < 4.78 is 1.87. The lowest BCUT2D eigenvalue weighted by Crippen LogP contribution is -2.42. The number of aromatic nitrogens is 2. The third-order valence-electron chi connectivity index (χ3n) is 5.04. The summed E-state index contributed by atoms with van der Waals surface area (Å²) >= 11 is 0. The Morgan fingerprint density at radius 2 is 1.95 bits per heavy atom. The molecular formula is C16H30N4. The molecule has 0 aromatic carbocycles. The molecule has 4 heteroatoms. The fourth-order valence-electron chi connectivity index (χ4n) is 3.59. The second-order valence-electron chi connectivity index (χ2n) is 6.75. The summed E-state index contributed by atoms with van der Waals surface area (Å²) in [6.45, 7) is 4.71. The molecule has 1 aliphatic rings. The number of hydrazine groups is 1. The van der Waals surface area contributed by atoms with E-state index in [0.29, 0.717) is 6.04 Å². The van der Waals surface area contributed by atoms with Crippen LogP contribution in [0.25, 0.3) is 0 Å². The highest BCUT2D eigenvalue weighted by Gasteiger charge is 2.28. The van der Waals surface area contributed by atoms with Gasteiger partial charge in [0.05, 0.1) is 6.20 Å². The molecule has 2 rings (SSSR count). The van der Waals surface area contributed by atoms with E-state index in [4.69, 9.17) is 5.84 Å². The maximum Gasteiger partial charge on any atom is 0.0521 e. The van der Waals surface area contributed by atoms with Gasteiger partial charge < -0.3 is 0 Å². The zero-order valence-electron chi connectivity index (χ0n) is 13.2. The molecule has 0 bridgehead atoms. The second kappa shape index (κ2) is 7.23. The standard InChI is InChI=1S/C16H30N4/c1-12(2)14-5-7-15(8-6-14)16(19-17)9-4-13-10-18-20(3)11-13/h10-12,14-16,19H,4-9,17H2,1-3H3. The van der Waals surface area contributed by atoms with Gasteiger partial charge in [-0.2, -0.15) is 5.10 Å². The number of rotatable bonds is 6. The Morgan fingerprint density at radius 1 is 1.30 bits per heavy atom. The van der Waals surface area contributed by atoms with E-state index in [9.17, 15) is 0 Å². The lowest BCUT2D eigenvalue weighted by atomic mass is 9.74. The van der Waals surface area contributed by atoms with Crippen LogP contribution < -0.4 is 11.3 Å². The van der Waals surface area contributed by atoms with Crippen LogP contribution in [0.1, 0.15) is 51.5 Å². The van der Waals surface area contributed by atoms with Crippen molar-refractivity contribution in [2.75, 3.05) is 0 Å². The number of nitrogens with one attached hydrogen (secondary N) is 1. The molecule has 20 heavy (non-hydrogen) atoms. The molecular weight excluding hydrogens is 248 g/mol. The van der Waals surface area contributed by atoms with Crippen LogP contribution in [0, 0.1) is 17.8 Å². The van der Waals surface area contributed by atoms with Crippen LogP contribution in [0.5, 0.6) is 0 Å². The average molecular weight is 278 g/mol. The topological polar surface area (TPSA) is 55.9 Å². The van der Waals surface area contributed by atoms with Gasteiger partial charge in [-0.15, -0.1) is 0 Å². The minimum atomic E-state index is 0.448. The molecule has 0 spiro atoms. The van der Waals surface area contributed by atoms with Crippen molar-refractivity contribution in [2.45, 2.75) is 58.4 Å². The molecule has 1 heterocycles. The van der Waals surface area contributed by atoms with Crippen LogP contribution in [-0.2, 0) is 13.5 Å². The Morgan fingerprint density at radius 3 is 2.45 bits per heavy atom. The molecule has 1 aromatic rings. The first-order valence-corrected chi connectivity index (χ1v) is 8.03. The summed E-state index contributed by atoms with van der Waals surface area (Å²) in [6.07, 6.45) is 11.6. The quantitative estimate of drug-likeness (QED) is 0.621. The zero-order valence-corrected chi connectivity index (χ0v) is 13.2. The number of nitrogens with zero attached hydrogens (tertiary/aromatic N) is 2. The maximum atomic E-state index is 5.80. The number of nitrogens with two attached hydrogens (primary N) is 1. The van der Waals surface area contributed by atoms with Crippen molar-refractivity contribution in [3.05, 3.63) is 18.0 Å². The molecule has 0 aliphatic heterocycles. The van der Waals surface area contributed by atoms with Gasteiger partial charge in [0.1, 0.15) is 0 Å². The van der Waals surface area contributed by atoms with Crippen LogP contribution >= 0.6 is 0 Å². The third-order valence-corrected chi connectivity index (χ3v) is 5.04. The Hall–Kier alpha value is -0.870. The fraction of sp³-hybridized carbons (Fsp3) is 0.812. The van der Waals surface area contributed by atoms with Crippen LogP contribution in [0.2, 0.25) is 0 Å². The predicted octanol–water partition coefficient (Wildman–Crippen LogP) is 2.65. The van der Waals surface area contributed by atoms with Crippen molar-refractivity contribution in [3.8, 4) is 0 Å². The summed E-state index contributed by atoms with van der Waals surface area (Å²) in [4.78, 5) is 0. The molecule has 1 aliphatic carbocycles. The summed E-state index contributed by atoms with van der Waals surface area (Å²) in [5.41, 5.74) is 4.37. The first-order valence-electron chi connectivity index (χ1n) is 8.03. The minimum absolute atomic E-state index is 0.448. The molecule has 114 valence electrons. The van der Waals surface area contributed by atoms with E-state index in [0.717, 1.165) is 30.6 Å². The van der Waals surface area contributed by atoms with E-state index < -0.39 is 0 Å². The van der Waals surface area contributed by atoms with Gasteiger partial charge in [-0.1, -0.05) is 13.8 Å². The second-order valence-corrected chi connectivity index (χ2v) is 6.75. The van der Waals surface area contributed by atoms with Crippen LogP contribution in [0.15, 0.2) is 12.4 Å². The van der Waals surface area contributed by atoms with Crippen molar-refractivity contribution in [1.29, 1.82) is 0 Å². The molecule has 0 radical (unpaired) electrons. The Labute approximate surface area is 123 Å². The SMILES string of the molecule is CC(C)C1CCC(C(CCc2cnn(C)c2)NN)CC1. The third kappa shape index (κ3) is 4.06. The monoisotopic (exact) mass is 278 g/mol. The predicted molar refractivity (Wildman–Crippen MR) is 82.9 cm³/mol. The lowest BCUT2D eigenvalue weighted by molar-refractivity contribution is 0.184. The minimum Gasteiger partial charge on any atom is -0.276 e. The van der Waals surface area contributed by atoms with E-state index >= 15 is 0 Å². The number of hydrogen-bond donors (Lipinski definition) is 2. The number of hydrogen-bond acceptors (Lipinski definition) is 3. The molecule has 4 nitrogen and oxygen atoms in total. The largest absolute Gasteiger partial charge is 0.276 e. The van der Waals surface area contributed by atoms with Gasteiger partial charge in [0.25, 0.3) is 0 Å². The van der Waals surface area contributed by atoms with Crippen molar-refractivity contribution in [2.24, 2.45) is 30.6 Å². The summed E-state index contributed by atoms with van der Waals surface area (Å²) in [6, 6.07) is 0.448. The van der Waals surface area contributed by atoms with E-state index in [1.807, 2.05) is 17.9 Å². The molecule has 0 saturated heterocycles. The molecule has 1 fully saturated rings. The van der Waals surface area contributed by atoms with Gasteiger partial charge in [0.15, 0.2) is 0 Å². The summed E-state index contributed by atoms with van der Waals surface area (Å²) in [5, 5.41) is 4.23. The average Bonchev–Trinajstić information content (AvgIpc) is 2.86. The molecule has 1 unspecified atom stereocenters. The number of aryl methyl sites for hydroxylation is 2. The van der Waals surface area contributed by atoms with Gasteiger partial charge in [-0.3, -0.25) is 16.0 Å². The Bertz CT molecular complexity index is 391. The van der Waals surface area contributed by atoms with E-state index in [1.54, 1.807) is 0 Å². The van der Waals surface area contributed by atoms with Gasteiger partial charge in [-0.05, 0) is 61.8 Å². The zero-order chi connectivity index (χ0) is 14.5. The molecule has 1 atom stereocenters. The van der Waals surface area contributed by atoms with E-state index in [1.165, 1.54) is 31.2 Å². The Balaban J connectivity index is 1.80. The van der Waals surface area contributed by atoms with Crippen molar-refractivity contribution in [3.63, 3.8) is 0 Å². The van der Waals surface area contributed by atoms with Crippen molar-refractivity contribution < 1.29 is 0 Å². The summed E-state index contributed by atoms with van der Waals surface area (Å²) in [7, 11) is 1.97. The molecule has 3 N–H and O–H groups in total. The maximum absolute atomic E-state index is 5.80. The highest BCUT2D eigenvalue weighted by atomic mass is 15.2. The highest BCUT2D eigenvalue weighted by molar-refractivity contribution is 5.04. The van der Waals surface area contributed by atoms with Crippen LogP contribution in [0.3, 0.4) is 0 Å². The summed E-state index contributed by atoms with van der Waals surface area (Å²) in [5.74, 6) is 8.29. The van der Waals surface area contributed by atoms with Crippen LogP contribution in [0.4, 0.5) is 0 Å². The lowest BCUT2D eigenvalue weighted by Gasteiger charge is -2.35. The normalized spacial score (nSPS) is 25.1. The van der Waals surface area contributed by atoms with Gasteiger partial charge in [-0.25, -0.2) is 0 Å². The first-order chi connectivity index (χ1) is 9.60. The Kier molecular flexibility index (Phi) is 5.61. The first kappa shape index (κ1) is 15.5. The van der Waals surface area contributed by atoms with Gasteiger partial charge in [0.2, 0.25) is 0 Å². The van der Waals surface area contributed by atoms with Crippen molar-refractivity contribution in [1.82, 2.24) is 15.2 Å². The highest BCUT2D eigenvalue weighted by Crippen LogP contribution is 2.35. The van der Waals surface area contributed by atoms with Crippen molar-refractivity contribution >= 4 is 0 Å². The van der Waals surface area contributed by atoms with E-state index in [-0.39, 0.29) is 0 Å². The smallest absolute Gasteiger partial charge is 0.0521 e. The molecule has 0 amide bonds.